The van der Waals surface area contributed by atoms with Crippen molar-refractivity contribution >= 4 is 33.1 Å². The molecule has 4 heteroatoms. The molecule has 1 aromatic heterocycles. The van der Waals surface area contributed by atoms with Crippen LogP contribution in [0.15, 0.2) is 29.6 Å². The number of rotatable bonds is 3. The molecule has 0 fully saturated rings. The van der Waals surface area contributed by atoms with Crippen LogP contribution in [0.5, 0.6) is 0 Å². The summed E-state index contributed by atoms with van der Waals surface area (Å²) in [4.78, 5) is 11.0. The van der Waals surface area contributed by atoms with E-state index in [4.69, 9.17) is 5.11 Å². The maximum absolute atomic E-state index is 11.0. The zero-order chi connectivity index (χ0) is 11.8. The minimum Gasteiger partial charge on any atom is -0.480 e. The Morgan fingerprint density at radius 1 is 1.38 bits per heavy atom. The van der Waals surface area contributed by atoms with E-state index in [9.17, 15) is 4.79 Å². The predicted octanol–water partition coefficient (Wildman–Crippen LogP) is 3.18. The summed E-state index contributed by atoms with van der Waals surface area (Å²) in [6, 6.07) is 7.95. The zero-order valence-corrected chi connectivity index (χ0v) is 9.97. The Bertz CT molecular complexity index is 531. The number of hydrogen-bond donors (Lipinski definition) is 2. The van der Waals surface area contributed by atoms with Crippen molar-refractivity contribution in [2.75, 3.05) is 5.32 Å². The topological polar surface area (TPSA) is 49.3 Å². The quantitative estimate of drug-likeness (QED) is 0.859. The first-order chi connectivity index (χ1) is 7.50. The molecule has 2 N–H and O–H groups in total. The molecular formula is C12H13NO2S. The van der Waals surface area contributed by atoms with Crippen molar-refractivity contribution in [1.82, 2.24) is 0 Å². The Morgan fingerprint density at radius 3 is 2.75 bits per heavy atom. The van der Waals surface area contributed by atoms with E-state index in [1.54, 1.807) is 25.2 Å². The Balaban J connectivity index is 2.38. The standard InChI is InChI=1S/C12H13NO2S/c1-12(2,11(14)15)13-9-7-16-10-6-4-3-5-8(9)10/h3-7,13H,1-2H3,(H,14,15). The molecule has 0 radical (unpaired) electrons. The molecule has 3 nitrogen and oxygen atoms in total. The van der Waals surface area contributed by atoms with Gasteiger partial charge >= 0.3 is 5.97 Å². The summed E-state index contributed by atoms with van der Waals surface area (Å²) in [7, 11) is 0. The molecule has 0 saturated heterocycles. The smallest absolute Gasteiger partial charge is 0.328 e. The average molecular weight is 235 g/mol. The third kappa shape index (κ3) is 1.88. The monoisotopic (exact) mass is 235 g/mol. The summed E-state index contributed by atoms with van der Waals surface area (Å²) in [5, 5.41) is 15.1. The molecule has 0 bridgehead atoms. The molecule has 1 aromatic carbocycles. The van der Waals surface area contributed by atoms with Crippen LogP contribution < -0.4 is 5.32 Å². The highest BCUT2D eigenvalue weighted by atomic mass is 32.1. The third-order valence-corrected chi connectivity index (χ3v) is 3.43. The van der Waals surface area contributed by atoms with Crippen LogP contribution in [0.4, 0.5) is 5.69 Å². The van der Waals surface area contributed by atoms with Gasteiger partial charge in [-0.2, -0.15) is 0 Å². The van der Waals surface area contributed by atoms with Crippen LogP contribution in [-0.4, -0.2) is 16.6 Å². The molecule has 0 atom stereocenters. The van der Waals surface area contributed by atoms with Gasteiger partial charge < -0.3 is 10.4 Å². The average Bonchev–Trinajstić information content (AvgIpc) is 2.61. The summed E-state index contributed by atoms with van der Waals surface area (Å²) >= 11 is 1.61. The second-order valence-electron chi connectivity index (χ2n) is 4.20. The SMILES string of the molecule is CC(C)(Nc1csc2ccccc12)C(=O)O. The first kappa shape index (κ1) is 11.0. The van der Waals surface area contributed by atoms with Crippen molar-refractivity contribution in [2.45, 2.75) is 19.4 Å². The number of carbonyl (C=O) groups is 1. The number of anilines is 1. The highest BCUT2D eigenvalue weighted by molar-refractivity contribution is 7.17. The summed E-state index contributed by atoms with van der Waals surface area (Å²) in [5.74, 6) is -0.859. The van der Waals surface area contributed by atoms with Crippen LogP contribution in [0.1, 0.15) is 13.8 Å². The molecule has 2 rings (SSSR count). The molecule has 16 heavy (non-hydrogen) atoms. The minimum absolute atomic E-state index is 0.859. The number of benzene rings is 1. The lowest BCUT2D eigenvalue weighted by Gasteiger charge is -2.21. The van der Waals surface area contributed by atoms with Crippen molar-refractivity contribution in [3.63, 3.8) is 0 Å². The highest BCUT2D eigenvalue weighted by Crippen LogP contribution is 2.31. The number of aliphatic carboxylic acids is 1. The maximum Gasteiger partial charge on any atom is 0.328 e. The number of carboxylic acid groups (broad SMARTS) is 1. The van der Waals surface area contributed by atoms with Crippen LogP contribution >= 0.6 is 11.3 Å². The van der Waals surface area contributed by atoms with Gasteiger partial charge in [-0.05, 0) is 19.9 Å². The Morgan fingerprint density at radius 2 is 2.06 bits per heavy atom. The largest absolute Gasteiger partial charge is 0.480 e. The summed E-state index contributed by atoms with van der Waals surface area (Å²) < 4.78 is 1.16. The Kier molecular flexibility index (Phi) is 2.59. The molecule has 0 amide bonds. The molecular weight excluding hydrogens is 222 g/mol. The van der Waals surface area contributed by atoms with E-state index in [0.717, 1.165) is 15.8 Å². The van der Waals surface area contributed by atoms with Crippen molar-refractivity contribution in [1.29, 1.82) is 0 Å². The van der Waals surface area contributed by atoms with Gasteiger partial charge in [0.15, 0.2) is 0 Å². The molecule has 84 valence electrons. The van der Waals surface area contributed by atoms with Gasteiger partial charge in [0, 0.05) is 15.5 Å². The van der Waals surface area contributed by atoms with Gasteiger partial charge in [0.1, 0.15) is 5.54 Å². The van der Waals surface area contributed by atoms with Crippen molar-refractivity contribution in [2.24, 2.45) is 0 Å². The van der Waals surface area contributed by atoms with Gasteiger partial charge in [-0.3, -0.25) is 0 Å². The number of nitrogens with one attached hydrogen (secondary N) is 1. The number of carboxylic acids is 1. The van der Waals surface area contributed by atoms with Gasteiger partial charge in [0.05, 0.1) is 5.69 Å². The van der Waals surface area contributed by atoms with E-state index in [2.05, 4.69) is 5.32 Å². The van der Waals surface area contributed by atoms with Crippen LogP contribution in [0.3, 0.4) is 0 Å². The zero-order valence-electron chi connectivity index (χ0n) is 9.15. The van der Waals surface area contributed by atoms with E-state index >= 15 is 0 Å². The first-order valence-corrected chi connectivity index (χ1v) is 5.86. The maximum atomic E-state index is 11.0. The van der Waals surface area contributed by atoms with Gasteiger partial charge in [-0.15, -0.1) is 11.3 Å². The Hall–Kier alpha value is -1.55. The molecule has 0 aliphatic rings. The van der Waals surface area contributed by atoms with Crippen LogP contribution in [-0.2, 0) is 4.79 Å². The van der Waals surface area contributed by atoms with Crippen LogP contribution in [0.25, 0.3) is 10.1 Å². The number of hydrogen-bond acceptors (Lipinski definition) is 3. The van der Waals surface area contributed by atoms with Crippen molar-refractivity contribution in [3.8, 4) is 0 Å². The van der Waals surface area contributed by atoms with E-state index in [-0.39, 0.29) is 0 Å². The van der Waals surface area contributed by atoms with E-state index in [1.807, 2.05) is 29.6 Å². The third-order valence-electron chi connectivity index (χ3n) is 2.46. The van der Waals surface area contributed by atoms with Crippen molar-refractivity contribution < 1.29 is 9.90 Å². The molecule has 0 spiro atoms. The van der Waals surface area contributed by atoms with Gasteiger partial charge in [0.2, 0.25) is 0 Å². The minimum atomic E-state index is -0.955. The van der Waals surface area contributed by atoms with E-state index in [0.29, 0.717) is 0 Å². The summed E-state index contributed by atoms with van der Waals surface area (Å²) in [5.41, 5.74) is -0.0721. The second kappa shape index (κ2) is 3.79. The van der Waals surface area contributed by atoms with Crippen molar-refractivity contribution in [3.05, 3.63) is 29.6 Å². The lowest BCUT2D eigenvalue weighted by atomic mass is 10.1. The fourth-order valence-corrected chi connectivity index (χ4v) is 2.36. The molecule has 1 heterocycles. The molecule has 2 aromatic rings. The highest BCUT2D eigenvalue weighted by Gasteiger charge is 2.27. The predicted molar refractivity (Wildman–Crippen MR) is 67.2 cm³/mol. The Labute approximate surface area is 97.7 Å². The normalized spacial score (nSPS) is 11.6. The van der Waals surface area contributed by atoms with E-state index in [1.165, 1.54) is 0 Å². The van der Waals surface area contributed by atoms with Gasteiger partial charge in [-0.25, -0.2) is 4.79 Å². The van der Waals surface area contributed by atoms with Gasteiger partial charge in [0.25, 0.3) is 0 Å². The summed E-state index contributed by atoms with van der Waals surface area (Å²) in [6.45, 7) is 3.31. The van der Waals surface area contributed by atoms with Gasteiger partial charge in [-0.1, -0.05) is 18.2 Å². The summed E-state index contributed by atoms with van der Waals surface area (Å²) in [6.07, 6.45) is 0. The van der Waals surface area contributed by atoms with Crippen LogP contribution in [0, 0.1) is 0 Å². The van der Waals surface area contributed by atoms with E-state index < -0.39 is 11.5 Å². The molecule has 0 unspecified atom stereocenters. The molecule has 0 aliphatic carbocycles. The fraction of sp³-hybridized carbons (Fsp3) is 0.250. The molecule has 0 aliphatic heterocycles. The van der Waals surface area contributed by atoms with Crippen LogP contribution in [0.2, 0.25) is 0 Å². The first-order valence-electron chi connectivity index (χ1n) is 4.98. The fourth-order valence-electron chi connectivity index (χ4n) is 1.46. The number of thiophene rings is 1. The number of fused-ring (bicyclic) bond motifs is 1. The lowest BCUT2D eigenvalue weighted by Crippen LogP contribution is -2.39. The molecule has 0 saturated carbocycles. The second-order valence-corrected chi connectivity index (χ2v) is 5.11. The lowest BCUT2D eigenvalue weighted by molar-refractivity contribution is -0.141.